The number of hydrogen-bond donors (Lipinski definition) is 1. The number of aliphatic hydroxyl groups excluding tert-OH is 1. The summed E-state index contributed by atoms with van der Waals surface area (Å²) in [5.74, 6) is -3.14. The van der Waals surface area contributed by atoms with Gasteiger partial charge in [0.1, 0.15) is 6.61 Å². The molecule has 1 aromatic carbocycles. The second-order valence-electron chi connectivity index (χ2n) is 3.54. The molecule has 1 rings (SSSR count). The third kappa shape index (κ3) is 1.77. The van der Waals surface area contributed by atoms with Crippen LogP contribution in [0.15, 0.2) is 12.1 Å². The summed E-state index contributed by atoms with van der Waals surface area (Å²) >= 11 is 0. The van der Waals surface area contributed by atoms with Crippen LogP contribution in [-0.4, -0.2) is 11.7 Å². The lowest BCUT2D eigenvalue weighted by Crippen LogP contribution is -2.20. The Morgan fingerprint density at radius 1 is 1.14 bits per heavy atom. The van der Waals surface area contributed by atoms with E-state index in [1.807, 2.05) is 13.8 Å². The Morgan fingerprint density at radius 3 is 2.21 bits per heavy atom. The maximum Gasteiger partial charge on any atom is 0.296 e. The Balaban J connectivity index is 3.31. The van der Waals surface area contributed by atoms with E-state index in [4.69, 9.17) is 5.11 Å². The fourth-order valence-corrected chi connectivity index (χ4v) is 1.44. The summed E-state index contributed by atoms with van der Waals surface area (Å²) in [5, 5.41) is 8.58. The second kappa shape index (κ2) is 3.65. The van der Waals surface area contributed by atoms with Gasteiger partial charge in [-0.1, -0.05) is 12.1 Å². The lowest BCUT2D eigenvalue weighted by Gasteiger charge is -2.18. The molecule has 0 atom stereocenters. The van der Waals surface area contributed by atoms with Crippen LogP contribution in [-0.2, 0) is 5.92 Å². The van der Waals surface area contributed by atoms with Crippen LogP contribution in [0.4, 0.5) is 8.78 Å². The molecule has 0 bridgehead atoms. The molecule has 3 heteroatoms. The molecular formula is C11H14F2O. The quantitative estimate of drug-likeness (QED) is 0.778. The fourth-order valence-electron chi connectivity index (χ4n) is 1.44. The van der Waals surface area contributed by atoms with Gasteiger partial charge in [-0.2, -0.15) is 8.78 Å². The van der Waals surface area contributed by atoms with Gasteiger partial charge in [-0.25, -0.2) is 0 Å². The van der Waals surface area contributed by atoms with Crippen LogP contribution in [0.5, 0.6) is 0 Å². The third-order valence-corrected chi connectivity index (χ3v) is 2.65. The van der Waals surface area contributed by atoms with Crippen molar-refractivity contribution >= 4 is 0 Å². The lowest BCUT2D eigenvalue weighted by atomic mass is 9.95. The number of hydrogen-bond acceptors (Lipinski definition) is 1. The first kappa shape index (κ1) is 11.1. The molecule has 78 valence electrons. The molecule has 0 saturated carbocycles. The van der Waals surface area contributed by atoms with Crippen LogP contribution in [0.25, 0.3) is 0 Å². The van der Waals surface area contributed by atoms with E-state index < -0.39 is 12.5 Å². The molecule has 1 N–H and O–H groups in total. The zero-order valence-corrected chi connectivity index (χ0v) is 8.56. The number of aliphatic hydroxyl groups is 1. The van der Waals surface area contributed by atoms with Crippen molar-refractivity contribution in [3.05, 3.63) is 34.4 Å². The zero-order chi connectivity index (χ0) is 10.9. The highest BCUT2D eigenvalue weighted by Gasteiger charge is 2.32. The summed E-state index contributed by atoms with van der Waals surface area (Å²) < 4.78 is 26.4. The van der Waals surface area contributed by atoms with Crippen LogP contribution in [0, 0.1) is 20.8 Å². The van der Waals surface area contributed by atoms with Gasteiger partial charge in [-0.05, 0) is 37.5 Å². The molecule has 0 amide bonds. The van der Waals surface area contributed by atoms with E-state index in [1.54, 1.807) is 13.0 Å². The number of aryl methyl sites for hydroxylation is 1. The standard InChI is InChI=1S/C11H14F2O/c1-7-4-5-10(9(3)8(7)2)11(12,13)6-14/h4-5,14H,6H2,1-3H3. The predicted molar refractivity (Wildman–Crippen MR) is 51.6 cm³/mol. The maximum atomic E-state index is 13.2. The van der Waals surface area contributed by atoms with Gasteiger partial charge in [0, 0.05) is 5.56 Å². The lowest BCUT2D eigenvalue weighted by molar-refractivity contribution is -0.0561. The van der Waals surface area contributed by atoms with Gasteiger partial charge in [0.25, 0.3) is 5.92 Å². The van der Waals surface area contributed by atoms with Gasteiger partial charge in [0.05, 0.1) is 0 Å². The van der Waals surface area contributed by atoms with Crippen molar-refractivity contribution in [3.8, 4) is 0 Å². The zero-order valence-electron chi connectivity index (χ0n) is 8.56. The minimum absolute atomic E-state index is 0.0805. The molecule has 0 radical (unpaired) electrons. The first-order chi connectivity index (χ1) is 6.40. The van der Waals surface area contributed by atoms with Crippen LogP contribution in [0.3, 0.4) is 0 Å². The molecule has 0 aliphatic rings. The number of alkyl halides is 2. The normalized spacial score (nSPS) is 11.9. The molecule has 0 unspecified atom stereocenters. The highest BCUT2D eigenvalue weighted by Crippen LogP contribution is 2.31. The SMILES string of the molecule is Cc1ccc(C(F)(F)CO)c(C)c1C. The van der Waals surface area contributed by atoms with E-state index >= 15 is 0 Å². The fraction of sp³-hybridized carbons (Fsp3) is 0.455. The van der Waals surface area contributed by atoms with Crippen molar-refractivity contribution in [2.24, 2.45) is 0 Å². The minimum Gasteiger partial charge on any atom is -0.390 e. The van der Waals surface area contributed by atoms with E-state index in [2.05, 4.69) is 0 Å². The first-order valence-corrected chi connectivity index (χ1v) is 4.46. The molecule has 0 heterocycles. The molecular weight excluding hydrogens is 186 g/mol. The van der Waals surface area contributed by atoms with Crippen molar-refractivity contribution in [1.82, 2.24) is 0 Å². The van der Waals surface area contributed by atoms with Crippen LogP contribution in [0.1, 0.15) is 22.3 Å². The predicted octanol–water partition coefficient (Wildman–Crippen LogP) is 2.70. The monoisotopic (exact) mass is 200 g/mol. The Labute approximate surface area is 82.4 Å². The minimum atomic E-state index is -3.14. The third-order valence-electron chi connectivity index (χ3n) is 2.65. The second-order valence-corrected chi connectivity index (χ2v) is 3.54. The summed E-state index contributed by atoms with van der Waals surface area (Å²) in [6.07, 6.45) is 0. The summed E-state index contributed by atoms with van der Waals surface area (Å²) in [6.45, 7) is 4.20. The molecule has 0 aliphatic heterocycles. The van der Waals surface area contributed by atoms with Crippen LogP contribution < -0.4 is 0 Å². The van der Waals surface area contributed by atoms with E-state index in [-0.39, 0.29) is 5.56 Å². The largest absolute Gasteiger partial charge is 0.390 e. The highest BCUT2D eigenvalue weighted by molar-refractivity contribution is 5.40. The number of benzene rings is 1. The summed E-state index contributed by atoms with van der Waals surface area (Å²) in [6, 6.07) is 3.04. The highest BCUT2D eigenvalue weighted by atomic mass is 19.3. The van der Waals surface area contributed by atoms with Crippen LogP contribution >= 0.6 is 0 Å². The molecule has 0 aromatic heterocycles. The number of rotatable bonds is 2. The van der Waals surface area contributed by atoms with E-state index in [0.717, 1.165) is 11.1 Å². The van der Waals surface area contributed by atoms with E-state index in [9.17, 15) is 8.78 Å². The van der Waals surface area contributed by atoms with Crippen molar-refractivity contribution in [3.63, 3.8) is 0 Å². The average Bonchev–Trinajstić information content (AvgIpc) is 2.14. The topological polar surface area (TPSA) is 20.2 Å². The molecule has 1 aromatic rings. The van der Waals surface area contributed by atoms with Crippen LogP contribution in [0.2, 0.25) is 0 Å². The molecule has 0 fully saturated rings. The smallest absolute Gasteiger partial charge is 0.296 e. The summed E-state index contributed by atoms with van der Waals surface area (Å²) in [5.41, 5.74) is 2.32. The Bertz CT molecular complexity index is 345. The van der Waals surface area contributed by atoms with E-state index in [1.165, 1.54) is 6.07 Å². The van der Waals surface area contributed by atoms with Crippen molar-refractivity contribution in [2.45, 2.75) is 26.7 Å². The number of halogens is 2. The molecule has 14 heavy (non-hydrogen) atoms. The van der Waals surface area contributed by atoms with Gasteiger partial charge in [-0.15, -0.1) is 0 Å². The van der Waals surface area contributed by atoms with Gasteiger partial charge in [-0.3, -0.25) is 0 Å². The maximum absolute atomic E-state index is 13.2. The van der Waals surface area contributed by atoms with Gasteiger partial charge < -0.3 is 5.11 Å². The molecule has 1 nitrogen and oxygen atoms in total. The summed E-state index contributed by atoms with van der Waals surface area (Å²) in [7, 11) is 0. The van der Waals surface area contributed by atoms with Crippen molar-refractivity contribution in [1.29, 1.82) is 0 Å². The summed E-state index contributed by atoms with van der Waals surface area (Å²) in [4.78, 5) is 0. The van der Waals surface area contributed by atoms with Gasteiger partial charge in [0.15, 0.2) is 0 Å². The van der Waals surface area contributed by atoms with Gasteiger partial charge in [0.2, 0.25) is 0 Å². The molecule has 0 saturated heterocycles. The van der Waals surface area contributed by atoms with Gasteiger partial charge >= 0.3 is 0 Å². The Kier molecular flexibility index (Phi) is 2.90. The van der Waals surface area contributed by atoms with Crippen molar-refractivity contribution in [2.75, 3.05) is 6.61 Å². The average molecular weight is 200 g/mol. The molecule has 0 aliphatic carbocycles. The van der Waals surface area contributed by atoms with Crippen molar-refractivity contribution < 1.29 is 13.9 Å². The Hall–Kier alpha value is -0.960. The molecule has 0 spiro atoms. The van der Waals surface area contributed by atoms with E-state index in [0.29, 0.717) is 5.56 Å². The Morgan fingerprint density at radius 2 is 1.71 bits per heavy atom. The first-order valence-electron chi connectivity index (χ1n) is 4.46.